The Morgan fingerprint density at radius 1 is 1.09 bits per heavy atom. The summed E-state index contributed by atoms with van der Waals surface area (Å²) in [6, 6.07) is 10.8. The molecule has 184 valence electrons. The van der Waals surface area contributed by atoms with Crippen LogP contribution >= 0.6 is 0 Å². The molecular weight excluding hydrogens is 470 g/mol. The fourth-order valence-electron chi connectivity index (χ4n) is 4.10. The summed E-state index contributed by atoms with van der Waals surface area (Å²) in [4.78, 5) is 43.8. The third-order valence-corrected chi connectivity index (χ3v) is 5.99. The number of halogens is 4. The number of amides is 3. The molecule has 2 aromatic carbocycles. The number of carbonyl (C=O) groups excluding carboxylic acids is 3. The van der Waals surface area contributed by atoms with E-state index in [2.05, 4.69) is 5.16 Å². The van der Waals surface area contributed by atoms with Gasteiger partial charge in [0.2, 0.25) is 11.8 Å². The summed E-state index contributed by atoms with van der Waals surface area (Å²) in [7, 11) is 0. The molecule has 0 bridgehead atoms. The molecule has 7 nitrogen and oxygen atoms in total. The molecule has 35 heavy (non-hydrogen) atoms. The second kappa shape index (κ2) is 8.79. The highest BCUT2D eigenvalue weighted by Crippen LogP contribution is 2.36. The van der Waals surface area contributed by atoms with Gasteiger partial charge in [-0.2, -0.15) is 13.2 Å². The number of nitrogens with zero attached hydrogens (tertiary/aromatic N) is 3. The number of oxime groups is 1. The van der Waals surface area contributed by atoms with Crippen LogP contribution in [0.25, 0.3) is 0 Å². The van der Waals surface area contributed by atoms with Crippen LogP contribution in [0.1, 0.15) is 40.4 Å². The van der Waals surface area contributed by atoms with Gasteiger partial charge in [0, 0.05) is 12.0 Å². The zero-order valence-corrected chi connectivity index (χ0v) is 18.9. The summed E-state index contributed by atoms with van der Waals surface area (Å²) in [6.07, 6.45) is -4.32. The quantitative estimate of drug-likeness (QED) is 0.484. The van der Waals surface area contributed by atoms with E-state index in [-0.39, 0.29) is 16.3 Å². The summed E-state index contributed by atoms with van der Waals surface area (Å²) < 4.78 is 51.1. The average molecular weight is 491 g/mol. The Morgan fingerprint density at radius 2 is 1.71 bits per heavy atom. The average Bonchev–Trinajstić information content (AvgIpc) is 3.18. The van der Waals surface area contributed by atoms with E-state index < -0.39 is 49.1 Å². The highest BCUT2D eigenvalue weighted by Gasteiger charge is 2.41. The lowest BCUT2D eigenvalue weighted by molar-refractivity contribution is -0.174. The number of rotatable bonds is 4. The van der Waals surface area contributed by atoms with E-state index in [4.69, 9.17) is 4.84 Å². The molecular formula is C24H21F4N3O4. The van der Waals surface area contributed by atoms with Crippen molar-refractivity contribution >= 4 is 23.4 Å². The molecule has 0 aromatic heterocycles. The lowest BCUT2D eigenvalue weighted by Gasteiger charge is -2.33. The first-order valence-electron chi connectivity index (χ1n) is 10.7. The number of imide groups is 1. The smallest absolute Gasteiger partial charge is 0.384 e. The van der Waals surface area contributed by atoms with Crippen molar-refractivity contribution < 1.29 is 36.8 Å². The first-order valence-corrected chi connectivity index (χ1v) is 10.7. The summed E-state index contributed by atoms with van der Waals surface area (Å²) in [6.45, 7) is 0.558. The van der Waals surface area contributed by atoms with Gasteiger partial charge in [0.1, 0.15) is 25.5 Å². The fourth-order valence-corrected chi connectivity index (χ4v) is 4.10. The number of alkyl halides is 3. The predicted molar refractivity (Wildman–Crippen MR) is 116 cm³/mol. The van der Waals surface area contributed by atoms with E-state index in [0.717, 1.165) is 10.5 Å². The van der Waals surface area contributed by atoms with Gasteiger partial charge in [0.05, 0.1) is 5.71 Å². The Balaban J connectivity index is 1.47. The molecule has 1 atom stereocenters. The summed E-state index contributed by atoms with van der Waals surface area (Å²) >= 11 is 0. The molecule has 11 heteroatoms. The van der Waals surface area contributed by atoms with Crippen LogP contribution in [0.3, 0.4) is 0 Å². The van der Waals surface area contributed by atoms with Crippen LogP contribution in [0.5, 0.6) is 0 Å². The lowest BCUT2D eigenvalue weighted by atomic mass is 9.88. The summed E-state index contributed by atoms with van der Waals surface area (Å²) in [5, 5.41) is 4.16. The number of hydrogen-bond acceptors (Lipinski definition) is 5. The summed E-state index contributed by atoms with van der Waals surface area (Å²) in [5.74, 6) is -3.17. The van der Waals surface area contributed by atoms with Gasteiger partial charge in [-0.3, -0.25) is 19.3 Å². The van der Waals surface area contributed by atoms with Crippen molar-refractivity contribution in [1.29, 1.82) is 0 Å². The van der Waals surface area contributed by atoms with E-state index >= 15 is 0 Å². The number of benzene rings is 2. The molecule has 2 heterocycles. The van der Waals surface area contributed by atoms with Gasteiger partial charge in [0.15, 0.2) is 5.60 Å². The first-order chi connectivity index (χ1) is 16.4. The minimum atomic E-state index is -4.72. The molecule has 0 aliphatic carbocycles. The second-order valence-corrected chi connectivity index (χ2v) is 8.72. The zero-order chi connectivity index (χ0) is 25.5. The maximum absolute atomic E-state index is 13.3. The molecule has 1 saturated heterocycles. The molecule has 1 unspecified atom stereocenters. The molecule has 4 rings (SSSR count). The molecule has 0 radical (unpaired) electrons. The maximum Gasteiger partial charge on any atom is 0.406 e. The topological polar surface area (TPSA) is 79.3 Å². The van der Waals surface area contributed by atoms with Gasteiger partial charge >= 0.3 is 6.18 Å². The van der Waals surface area contributed by atoms with Crippen LogP contribution in [0.4, 0.5) is 17.6 Å². The molecule has 1 fully saturated rings. The fraction of sp³-hybridized carbons (Fsp3) is 0.333. The van der Waals surface area contributed by atoms with E-state index in [1.54, 1.807) is 31.2 Å². The minimum Gasteiger partial charge on any atom is -0.384 e. The van der Waals surface area contributed by atoms with E-state index in [1.165, 1.54) is 18.2 Å². The van der Waals surface area contributed by atoms with E-state index in [9.17, 15) is 31.9 Å². The van der Waals surface area contributed by atoms with Crippen molar-refractivity contribution in [3.05, 3.63) is 70.5 Å². The van der Waals surface area contributed by atoms with Crippen LogP contribution in [-0.2, 0) is 20.0 Å². The standard InChI is InChI=1S/C24H21F4N3O4/c1-14-9-15(19-10-23(2,35-29-19)16-4-6-17(25)7-5-16)3-8-18(14)22(34)30-11-20(32)31(21(33)12-30)13-24(26,27)28/h3-9H,10-13H2,1-2H3. The van der Waals surface area contributed by atoms with Gasteiger partial charge < -0.3 is 9.74 Å². The van der Waals surface area contributed by atoms with Crippen molar-refractivity contribution in [3.63, 3.8) is 0 Å². The molecule has 3 amide bonds. The van der Waals surface area contributed by atoms with E-state index in [0.29, 0.717) is 23.3 Å². The van der Waals surface area contributed by atoms with Crippen LogP contribution in [0.15, 0.2) is 47.6 Å². The van der Waals surface area contributed by atoms with Crippen molar-refractivity contribution in [2.45, 2.75) is 32.0 Å². The third-order valence-electron chi connectivity index (χ3n) is 5.99. The van der Waals surface area contributed by atoms with Crippen molar-refractivity contribution in [2.24, 2.45) is 5.16 Å². The van der Waals surface area contributed by atoms with Crippen LogP contribution < -0.4 is 0 Å². The van der Waals surface area contributed by atoms with Crippen LogP contribution in [0, 0.1) is 12.7 Å². The zero-order valence-electron chi connectivity index (χ0n) is 18.9. The lowest BCUT2D eigenvalue weighted by Crippen LogP contribution is -2.57. The number of piperazine rings is 1. The molecule has 2 aliphatic rings. The van der Waals surface area contributed by atoms with Crippen LogP contribution in [0.2, 0.25) is 0 Å². The van der Waals surface area contributed by atoms with Crippen molar-refractivity contribution in [1.82, 2.24) is 9.80 Å². The number of hydrogen-bond donors (Lipinski definition) is 0. The van der Waals surface area contributed by atoms with Gasteiger partial charge in [-0.1, -0.05) is 23.4 Å². The Morgan fingerprint density at radius 3 is 2.29 bits per heavy atom. The Bertz CT molecular complexity index is 1210. The van der Waals surface area contributed by atoms with Gasteiger partial charge in [0.25, 0.3) is 5.91 Å². The molecule has 0 saturated carbocycles. The second-order valence-electron chi connectivity index (χ2n) is 8.72. The third kappa shape index (κ3) is 5.03. The molecule has 0 N–H and O–H groups in total. The normalized spacial score (nSPS) is 20.7. The van der Waals surface area contributed by atoms with Crippen molar-refractivity contribution in [2.75, 3.05) is 19.6 Å². The monoisotopic (exact) mass is 491 g/mol. The SMILES string of the molecule is Cc1cc(C2=NOC(C)(c3ccc(F)cc3)C2)ccc1C(=O)N1CC(=O)N(CC(F)(F)F)C(=O)C1. The van der Waals surface area contributed by atoms with E-state index in [1.807, 2.05) is 6.92 Å². The predicted octanol–water partition coefficient (Wildman–Crippen LogP) is 3.55. The minimum absolute atomic E-state index is 0.121. The molecule has 0 spiro atoms. The number of carbonyl (C=O) groups is 3. The first kappa shape index (κ1) is 24.4. The molecule has 2 aliphatic heterocycles. The number of aryl methyl sites for hydroxylation is 1. The Labute approximate surface area is 197 Å². The van der Waals surface area contributed by atoms with Gasteiger partial charge in [-0.15, -0.1) is 0 Å². The van der Waals surface area contributed by atoms with Crippen LogP contribution in [-0.4, -0.2) is 59.0 Å². The Hall–Kier alpha value is -3.76. The Kier molecular flexibility index (Phi) is 6.12. The van der Waals surface area contributed by atoms with Gasteiger partial charge in [-0.05, 0) is 54.8 Å². The maximum atomic E-state index is 13.3. The summed E-state index contributed by atoms with van der Waals surface area (Å²) in [5.41, 5.74) is 2.00. The largest absolute Gasteiger partial charge is 0.406 e. The highest BCUT2D eigenvalue weighted by molar-refractivity contribution is 6.07. The highest BCUT2D eigenvalue weighted by atomic mass is 19.4. The van der Waals surface area contributed by atoms with Crippen molar-refractivity contribution in [3.8, 4) is 0 Å². The molecule has 2 aromatic rings. The van der Waals surface area contributed by atoms with Gasteiger partial charge in [-0.25, -0.2) is 4.39 Å².